The van der Waals surface area contributed by atoms with Crippen LogP contribution in [-0.4, -0.2) is 36.4 Å². The summed E-state index contributed by atoms with van der Waals surface area (Å²) in [6.45, 7) is -1.71. The van der Waals surface area contributed by atoms with E-state index in [1.54, 1.807) is 0 Å². The van der Waals surface area contributed by atoms with Crippen molar-refractivity contribution in [3.63, 3.8) is 0 Å². The van der Waals surface area contributed by atoms with Gasteiger partial charge in [0.25, 0.3) is 11.8 Å². The molecule has 1 saturated carbocycles. The molecule has 1 aliphatic rings. The summed E-state index contributed by atoms with van der Waals surface area (Å²) in [4.78, 5) is 0. The molecule has 0 spiro atoms. The molecule has 0 heterocycles. The molecule has 0 amide bonds. The third-order valence-corrected chi connectivity index (χ3v) is 3.89. The maximum atomic E-state index is 14.0. The molecule has 3 atom stereocenters. The van der Waals surface area contributed by atoms with Crippen LogP contribution in [0.1, 0.15) is 26.7 Å². The minimum absolute atomic E-state index is 0.126. The van der Waals surface area contributed by atoms with Crippen LogP contribution in [0.2, 0.25) is 0 Å². The first kappa shape index (κ1) is 20.3. The molecule has 1 nitrogen and oxygen atoms in total. The normalized spacial score (nSPS) is 34.4. The Morgan fingerprint density at radius 2 is 1.52 bits per heavy atom. The van der Waals surface area contributed by atoms with Crippen molar-refractivity contribution in [2.45, 2.75) is 56.4 Å². The molecule has 138 valence electrons. The third kappa shape index (κ3) is 3.39. The Kier molecular flexibility index (Phi) is 5.00. The van der Waals surface area contributed by atoms with Crippen LogP contribution in [0.5, 0.6) is 0 Å². The molecule has 11 heteroatoms. The summed E-state index contributed by atoms with van der Waals surface area (Å²) in [6.07, 6.45) is -13.3. The first-order valence-electron chi connectivity index (χ1n) is 6.51. The van der Waals surface area contributed by atoms with Crippen LogP contribution >= 0.6 is 0 Å². The molecule has 23 heavy (non-hydrogen) atoms. The SMILES string of the molecule is CCC1CC(C)(F)C(F)(F)C(C(F)(F)OC(F)(F)CF)C1(F)F. The van der Waals surface area contributed by atoms with Crippen LogP contribution in [0.15, 0.2) is 0 Å². The van der Waals surface area contributed by atoms with Crippen molar-refractivity contribution in [3.05, 3.63) is 0 Å². The summed E-state index contributed by atoms with van der Waals surface area (Å²) in [5, 5.41) is 0. The van der Waals surface area contributed by atoms with Crippen LogP contribution in [0.4, 0.5) is 43.9 Å². The molecule has 0 radical (unpaired) electrons. The maximum absolute atomic E-state index is 14.0. The van der Waals surface area contributed by atoms with E-state index in [1.807, 2.05) is 0 Å². The Balaban J connectivity index is 3.41. The van der Waals surface area contributed by atoms with Crippen molar-refractivity contribution in [2.24, 2.45) is 11.8 Å². The van der Waals surface area contributed by atoms with Crippen molar-refractivity contribution in [1.82, 2.24) is 0 Å². The van der Waals surface area contributed by atoms with E-state index < -0.39 is 61.1 Å². The minimum Gasteiger partial charge on any atom is -0.253 e. The maximum Gasteiger partial charge on any atom is 0.388 e. The lowest BCUT2D eigenvalue weighted by Gasteiger charge is -2.50. The Morgan fingerprint density at radius 1 is 1.04 bits per heavy atom. The van der Waals surface area contributed by atoms with Crippen molar-refractivity contribution in [1.29, 1.82) is 0 Å². The minimum atomic E-state index is -5.87. The van der Waals surface area contributed by atoms with Gasteiger partial charge in [0.2, 0.25) is 0 Å². The number of alkyl halides is 10. The second kappa shape index (κ2) is 5.66. The topological polar surface area (TPSA) is 9.23 Å². The van der Waals surface area contributed by atoms with E-state index in [0.717, 1.165) is 6.92 Å². The average Bonchev–Trinajstić information content (AvgIpc) is 2.31. The molecule has 0 saturated heterocycles. The fourth-order valence-corrected chi connectivity index (χ4v) is 2.65. The number of hydrogen-bond donors (Lipinski definition) is 0. The molecular weight excluding hydrogens is 350 g/mol. The Labute approximate surface area is 125 Å². The fourth-order valence-electron chi connectivity index (χ4n) is 2.65. The molecule has 1 fully saturated rings. The predicted molar refractivity (Wildman–Crippen MR) is 58.2 cm³/mol. The number of halogens is 10. The average molecular weight is 364 g/mol. The van der Waals surface area contributed by atoms with Gasteiger partial charge in [-0.15, -0.1) is 0 Å². The standard InChI is InChI=1S/C12H14F10O/c1-3-6-4-8(2,14)11(19,20)7(10(6,17)18)12(21,22)23-9(15,16)5-13/h6-7H,3-5H2,1-2H3. The van der Waals surface area contributed by atoms with E-state index in [9.17, 15) is 43.9 Å². The lowest BCUT2D eigenvalue weighted by Crippen LogP contribution is -2.68. The van der Waals surface area contributed by atoms with Gasteiger partial charge in [0.1, 0.15) is 0 Å². The van der Waals surface area contributed by atoms with E-state index in [2.05, 4.69) is 4.74 Å². The van der Waals surface area contributed by atoms with E-state index in [1.165, 1.54) is 0 Å². The zero-order valence-corrected chi connectivity index (χ0v) is 12.0. The van der Waals surface area contributed by atoms with Crippen LogP contribution in [0.3, 0.4) is 0 Å². The Bertz CT molecular complexity index is 434. The summed E-state index contributed by atoms with van der Waals surface area (Å²) in [5.41, 5.74) is -3.81. The largest absolute Gasteiger partial charge is 0.388 e. The van der Waals surface area contributed by atoms with Crippen molar-refractivity contribution >= 4 is 0 Å². The summed E-state index contributed by atoms with van der Waals surface area (Å²) in [7, 11) is 0. The molecule has 1 rings (SSSR count). The first-order chi connectivity index (χ1) is 10.0. The van der Waals surface area contributed by atoms with Gasteiger partial charge >= 0.3 is 12.2 Å². The van der Waals surface area contributed by atoms with Crippen LogP contribution in [0, 0.1) is 11.8 Å². The fraction of sp³-hybridized carbons (Fsp3) is 1.00. The molecule has 0 bridgehead atoms. The summed E-state index contributed by atoms with van der Waals surface area (Å²) in [6, 6.07) is 0. The van der Waals surface area contributed by atoms with Gasteiger partial charge in [-0.1, -0.05) is 6.92 Å². The zero-order chi connectivity index (χ0) is 18.5. The molecule has 0 N–H and O–H groups in total. The first-order valence-corrected chi connectivity index (χ1v) is 6.51. The van der Waals surface area contributed by atoms with Gasteiger partial charge in [0.15, 0.2) is 18.3 Å². The zero-order valence-electron chi connectivity index (χ0n) is 12.0. The molecule has 0 aromatic rings. The van der Waals surface area contributed by atoms with E-state index in [0.29, 0.717) is 0 Å². The highest BCUT2D eigenvalue weighted by molar-refractivity contribution is 5.10. The Morgan fingerprint density at radius 3 is 1.91 bits per heavy atom. The van der Waals surface area contributed by atoms with E-state index >= 15 is 0 Å². The van der Waals surface area contributed by atoms with Gasteiger partial charge < -0.3 is 0 Å². The molecule has 3 unspecified atom stereocenters. The molecular formula is C12H14F10O. The van der Waals surface area contributed by atoms with E-state index in [4.69, 9.17) is 0 Å². The number of rotatable bonds is 5. The number of hydrogen-bond acceptors (Lipinski definition) is 1. The molecule has 0 aliphatic heterocycles. The lowest BCUT2D eigenvalue weighted by molar-refractivity contribution is -0.447. The van der Waals surface area contributed by atoms with Crippen LogP contribution < -0.4 is 0 Å². The van der Waals surface area contributed by atoms with Gasteiger partial charge in [-0.05, 0) is 19.8 Å². The third-order valence-electron chi connectivity index (χ3n) is 3.89. The molecule has 0 aromatic heterocycles. The smallest absolute Gasteiger partial charge is 0.253 e. The summed E-state index contributed by atoms with van der Waals surface area (Å²) < 4.78 is 137. The van der Waals surface area contributed by atoms with E-state index in [-0.39, 0.29) is 6.92 Å². The number of ether oxygens (including phenoxy) is 1. The summed E-state index contributed by atoms with van der Waals surface area (Å²) >= 11 is 0. The van der Waals surface area contributed by atoms with Gasteiger partial charge in [-0.3, -0.25) is 4.74 Å². The Hall–Kier alpha value is -0.740. The molecule has 1 aliphatic carbocycles. The highest BCUT2D eigenvalue weighted by atomic mass is 19.3. The highest BCUT2D eigenvalue weighted by Gasteiger charge is 2.79. The van der Waals surface area contributed by atoms with Crippen molar-refractivity contribution < 1.29 is 48.6 Å². The van der Waals surface area contributed by atoms with Gasteiger partial charge in [-0.2, -0.15) is 17.6 Å². The van der Waals surface area contributed by atoms with Gasteiger partial charge in [0.05, 0.1) is 0 Å². The monoisotopic (exact) mass is 364 g/mol. The van der Waals surface area contributed by atoms with Gasteiger partial charge in [0, 0.05) is 5.92 Å². The second-order valence-corrected chi connectivity index (χ2v) is 5.67. The van der Waals surface area contributed by atoms with Crippen molar-refractivity contribution in [3.8, 4) is 0 Å². The van der Waals surface area contributed by atoms with Gasteiger partial charge in [-0.25, -0.2) is 26.3 Å². The summed E-state index contributed by atoms with van der Waals surface area (Å²) in [5.74, 6) is -17.1. The second-order valence-electron chi connectivity index (χ2n) is 5.67. The lowest BCUT2D eigenvalue weighted by atomic mass is 9.67. The van der Waals surface area contributed by atoms with Crippen molar-refractivity contribution in [2.75, 3.05) is 6.67 Å². The highest BCUT2D eigenvalue weighted by Crippen LogP contribution is 2.61. The van der Waals surface area contributed by atoms with Crippen LogP contribution in [-0.2, 0) is 4.74 Å². The molecule has 0 aromatic carbocycles. The predicted octanol–water partition coefficient (Wildman–Crippen LogP) is 5.20. The quantitative estimate of drug-likeness (QED) is 0.609. The van der Waals surface area contributed by atoms with Crippen LogP contribution in [0.25, 0.3) is 0 Å².